The van der Waals surface area contributed by atoms with Crippen molar-refractivity contribution >= 4 is 5.91 Å². The van der Waals surface area contributed by atoms with Crippen LogP contribution in [0.4, 0.5) is 0 Å². The molecule has 1 amide bonds. The molecule has 1 saturated heterocycles. The molecule has 21 heavy (non-hydrogen) atoms. The fourth-order valence-corrected chi connectivity index (χ4v) is 2.43. The van der Waals surface area contributed by atoms with Crippen LogP contribution in [0.1, 0.15) is 13.8 Å². The molecule has 1 aliphatic rings. The summed E-state index contributed by atoms with van der Waals surface area (Å²) in [5.41, 5.74) is 0. The second-order valence-electron chi connectivity index (χ2n) is 6.65. The van der Waals surface area contributed by atoms with E-state index in [1.807, 2.05) is 11.9 Å². The third-order valence-electron chi connectivity index (χ3n) is 3.71. The molecule has 1 atom stereocenters. The van der Waals surface area contributed by atoms with Gasteiger partial charge in [-0.05, 0) is 20.0 Å². The Hall–Kier alpha value is -0.690. The number of hydrogen-bond donors (Lipinski definition) is 2. The molecule has 0 aromatic heterocycles. The van der Waals surface area contributed by atoms with Gasteiger partial charge in [0.15, 0.2) is 0 Å². The minimum Gasteiger partial charge on any atom is -0.390 e. The first kappa shape index (κ1) is 18.4. The molecule has 0 aliphatic carbocycles. The van der Waals surface area contributed by atoms with E-state index in [2.05, 4.69) is 36.0 Å². The summed E-state index contributed by atoms with van der Waals surface area (Å²) in [5, 5.41) is 13.0. The highest BCUT2D eigenvalue weighted by Crippen LogP contribution is 2.01. The average Bonchev–Trinajstić information content (AvgIpc) is 2.38. The maximum atomic E-state index is 11.7. The van der Waals surface area contributed by atoms with E-state index >= 15 is 0 Å². The van der Waals surface area contributed by atoms with Gasteiger partial charge < -0.3 is 15.3 Å². The average molecular weight is 300 g/mol. The van der Waals surface area contributed by atoms with Crippen molar-refractivity contribution in [1.82, 2.24) is 20.0 Å². The smallest absolute Gasteiger partial charge is 0.234 e. The maximum absolute atomic E-state index is 11.7. The molecular weight excluding hydrogens is 268 g/mol. The number of carbonyl (C=O) groups is 1. The Kier molecular flexibility index (Phi) is 8.18. The van der Waals surface area contributed by atoms with Crippen LogP contribution in [0.2, 0.25) is 0 Å². The summed E-state index contributed by atoms with van der Waals surface area (Å²) in [6.07, 6.45) is -0.406. The highest BCUT2D eigenvalue weighted by Gasteiger charge is 2.18. The largest absolute Gasteiger partial charge is 0.390 e. The number of likely N-dealkylation sites (N-methyl/N-ethyl adjacent to an activating group) is 2. The van der Waals surface area contributed by atoms with Crippen molar-refractivity contribution in [3.8, 4) is 0 Å². The molecular formula is C15H32N4O2. The number of piperazine rings is 1. The normalized spacial score (nSPS) is 19.2. The third-order valence-corrected chi connectivity index (χ3v) is 3.71. The van der Waals surface area contributed by atoms with Crippen LogP contribution in [0.3, 0.4) is 0 Å². The van der Waals surface area contributed by atoms with Crippen molar-refractivity contribution < 1.29 is 9.90 Å². The van der Waals surface area contributed by atoms with Crippen LogP contribution in [0.5, 0.6) is 0 Å². The number of rotatable bonds is 8. The summed E-state index contributed by atoms with van der Waals surface area (Å²) < 4.78 is 0. The van der Waals surface area contributed by atoms with Gasteiger partial charge in [0.1, 0.15) is 0 Å². The maximum Gasteiger partial charge on any atom is 0.234 e. The fourth-order valence-electron chi connectivity index (χ4n) is 2.43. The SMILES string of the molecule is CC(C)CNC(=O)CN(C)CC(O)CN1CCN(C)CC1. The van der Waals surface area contributed by atoms with Gasteiger partial charge in [-0.3, -0.25) is 14.6 Å². The second kappa shape index (κ2) is 9.35. The van der Waals surface area contributed by atoms with Gasteiger partial charge in [-0.2, -0.15) is 0 Å². The lowest BCUT2D eigenvalue weighted by Gasteiger charge is -2.34. The monoisotopic (exact) mass is 300 g/mol. The fraction of sp³-hybridized carbons (Fsp3) is 0.933. The quantitative estimate of drug-likeness (QED) is 0.621. The Labute approximate surface area is 129 Å². The Morgan fingerprint density at radius 2 is 1.90 bits per heavy atom. The molecule has 6 heteroatoms. The molecule has 0 radical (unpaired) electrons. The lowest BCUT2D eigenvalue weighted by Crippen LogP contribution is -2.49. The lowest BCUT2D eigenvalue weighted by molar-refractivity contribution is -0.122. The van der Waals surface area contributed by atoms with Crippen LogP contribution in [0, 0.1) is 5.92 Å². The highest BCUT2D eigenvalue weighted by atomic mass is 16.3. The van der Waals surface area contributed by atoms with Crippen LogP contribution >= 0.6 is 0 Å². The van der Waals surface area contributed by atoms with E-state index in [9.17, 15) is 9.90 Å². The predicted molar refractivity (Wildman–Crippen MR) is 85.3 cm³/mol. The van der Waals surface area contributed by atoms with Crippen molar-refractivity contribution in [2.75, 3.05) is 66.5 Å². The summed E-state index contributed by atoms with van der Waals surface area (Å²) in [6, 6.07) is 0. The van der Waals surface area contributed by atoms with Gasteiger partial charge in [-0.15, -0.1) is 0 Å². The van der Waals surface area contributed by atoms with Crippen molar-refractivity contribution in [1.29, 1.82) is 0 Å². The van der Waals surface area contributed by atoms with Crippen molar-refractivity contribution in [3.05, 3.63) is 0 Å². The van der Waals surface area contributed by atoms with Gasteiger partial charge in [0.05, 0.1) is 12.6 Å². The summed E-state index contributed by atoms with van der Waals surface area (Å²) in [4.78, 5) is 18.2. The van der Waals surface area contributed by atoms with E-state index in [1.165, 1.54) is 0 Å². The van der Waals surface area contributed by atoms with E-state index < -0.39 is 6.10 Å². The van der Waals surface area contributed by atoms with Gasteiger partial charge in [-0.25, -0.2) is 0 Å². The summed E-state index contributed by atoms with van der Waals surface area (Å²) in [5.74, 6) is 0.486. The number of β-amino-alcohol motifs (C(OH)–C–C–N with tert-alkyl or cyclic N) is 1. The molecule has 0 bridgehead atoms. The first-order valence-electron chi connectivity index (χ1n) is 7.91. The molecule has 1 fully saturated rings. The number of nitrogens with zero attached hydrogens (tertiary/aromatic N) is 3. The van der Waals surface area contributed by atoms with Crippen LogP contribution in [0.25, 0.3) is 0 Å². The highest BCUT2D eigenvalue weighted by molar-refractivity contribution is 5.77. The van der Waals surface area contributed by atoms with Crippen LogP contribution in [0.15, 0.2) is 0 Å². The molecule has 6 nitrogen and oxygen atoms in total. The van der Waals surface area contributed by atoms with Crippen molar-refractivity contribution in [2.45, 2.75) is 20.0 Å². The van der Waals surface area contributed by atoms with E-state index in [4.69, 9.17) is 0 Å². The first-order chi connectivity index (χ1) is 9.86. The predicted octanol–water partition coefficient (Wildman–Crippen LogP) is -0.701. The molecule has 0 aromatic carbocycles. The number of nitrogens with one attached hydrogen (secondary N) is 1. The summed E-state index contributed by atoms with van der Waals surface area (Å²) in [7, 11) is 4.00. The van der Waals surface area contributed by atoms with Crippen LogP contribution in [-0.4, -0.2) is 98.3 Å². The Morgan fingerprint density at radius 1 is 1.29 bits per heavy atom. The molecule has 124 valence electrons. The minimum absolute atomic E-state index is 0.0259. The topological polar surface area (TPSA) is 59.1 Å². The number of aliphatic hydroxyl groups excluding tert-OH is 1. The zero-order chi connectivity index (χ0) is 15.8. The molecule has 1 unspecified atom stereocenters. The number of amides is 1. The van der Waals surface area contributed by atoms with E-state index in [0.29, 0.717) is 32.1 Å². The molecule has 0 aromatic rings. The van der Waals surface area contributed by atoms with E-state index in [0.717, 1.165) is 26.2 Å². The molecule has 1 rings (SSSR count). The summed E-state index contributed by atoms with van der Waals surface area (Å²) in [6.45, 7) is 10.5. The van der Waals surface area contributed by atoms with E-state index in [-0.39, 0.29) is 5.91 Å². The molecule has 1 heterocycles. The zero-order valence-corrected chi connectivity index (χ0v) is 14.0. The summed E-state index contributed by atoms with van der Waals surface area (Å²) >= 11 is 0. The third kappa shape index (κ3) is 8.36. The molecule has 0 saturated carbocycles. The van der Waals surface area contributed by atoms with Crippen molar-refractivity contribution in [3.63, 3.8) is 0 Å². The lowest BCUT2D eigenvalue weighted by atomic mass is 10.2. The Balaban J connectivity index is 2.17. The van der Waals surface area contributed by atoms with Gasteiger partial charge >= 0.3 is 0 Å². The number of hydrogen-bond acceptors (Lipinski definition) is 5. The van der Waals surface area contributed by atoms with Gasteiger partial charge in [0, 0.05) is 45.8 Å². The second-order valence-corrected chi connectivity index (χ2v) is 6.65. The standard InChI is InChI=1S/C15H32N4O2/c1-13(2)9-16-15(21)12-18(4)10-14(20)11-19-7-5-17(3)6-8-19/h13-14,20H,5-12H2,1-4H3,(H,16,21). The van der Waals surface area contributed by atoms with E-state index in [1.54, 1.807) is 0 Å². The zero-order valence-electron chi connectivity index (χ0n) is 14.0. The van der Waals surface area contributed by atoms with Crippen molar-refractivity contribution in [2.24, 2.45) is 5.92 Å². The first-order valence-corrected chi connectivity index (χ1v) is 7.91. The minimum atomic E-state index is -0.406. The molecule has 1 aliphatic heterocycles. The number of aliphatic hydroxyl groups is 1. The van der Waals surface area contributed by atoms with Gasteiger partial charge in [0.2, 0.25) is 5.91 Å². The van der Waals surface area contributed by atoms with Crippen LogP contribution < -0.4 is 5.32 Å². The van der Waals surface area contributed by atoms with Gasteiger partial charge in [-0.1, -0.05) is 13.8 Å². The Morgan fingerprint density at radius 3 is 2.48 bits per heavy atom. The molecule has 0 spiro atoms. The number of carbonyl (C=O) groups excluding carboxylic acids is 1. The van der Waals surface area contributed by atoms with Crippen LogP contribution in [-0.2, 0) is 4.79 Å². The Bertz CT molecular complexity index is 304. The van der Waals surface area contributed by atoms with Gasteiger partial charge in [0.25, 0.3) is 0 Å². The molecule has 2 N–H and O–H groups in total.